The summed E-state index contributed by atoms with van der Waals surface area (Å²) in [5, 5.41) is 11.9. The van der Waals surface area contributed by atoms with Gasteiger partial charge in [-0.25, -0.2) is 0 Å². The van der Waals surface area contributed by atoms with E-state index in [0.29, 0.717) is 18.0 Å². The van der Waals surface area contributed by atoms with E-state index in [1.165, 1.54) is 19.3 Å². The van der Waals surface area contributed by atoms with Crippen LogP contribution in [0.4, 0.5) is 0 Å². The van der Waals surface area contributed by atoms with Crippen LogP contribution >= 0.6 is 0 Å². The van der Waals surface area contributed by atoms with Crippen molar-refractivity contribution in [2.24, 2.45) is 10.9 Å². The van der Waals surface area contributed by atoms with E-state index in [1.54, 1.807) is 0 Å². The van der Waals surface area contributed by atoms with Gasteiger partial charge < -0.3 is 15.7 Å². The SMILES string of the molecule is COC1CCCC(N2CCN(C(C)C(N)=NO)CC2)C1. The van der Waals surface area contributed by atoms with E-state index in [9.17, 15) is 0 Å². The zero-order chi connectivity index (χ0) is 14.5. The Kier molecular flexibility index (Phi) is 5.63. The topological polar surface area (TPSA) is 74.3 Å². The number of amidine groups is 1. The zero-order valence-corrected chi connectivity index (χ0v) is 12.7. The molecule has 2 fully saturated rings. The molecule has 1 saturated heterocycles. The number of rotatable bonds is 4. The molecule has 1 saturated carbocycles. The Hall–Kier alpha value is -0.850. The molecule has 2 rings (SSSR count). The third-order valence-corrected chi connectivity index (χ3v) is 4.89. The lowest BCUT2D eigenvalue weighted by Crippen LogP contribution is -2.56. The highest BCUT2D eigenvalue weighted by Crippen LogP contribution is 2.25. The van der Waals surface area contributed by atoms with E-state index in [0.717, 1.165) is 32.6 Å². The van der Waals surface area contributed by atoms with Gasteiger partial charge in [0.25, 0.3) is 0 Å². The van der Waals surface area contributed by atoms with Gasteiger partial charge in [-0.1, -0.05) is 5.16 Å². The maximum atomic E-state index is 8.76. The molecule has 3 unspecified atom stereocenters. The Balaban J connectivity index is 1.82. The van der Waals surface area contributed by atoms with E-state index in [-0.39, 0.29) is 6.04 Å². The second kappa shape index (κ2) is 7.24. The summed E-state index contributed by atoms with van der Waals surface area (Å²) in [4.78, 5) is 4.86. The van der Waals surface area contributed by atoms with Crippen LogP contribution in [0, 0.1) is 0 Å². The average molecular weight is 284 g/mol. The Bertz CT molecular complexity index is 329. The van der Waals surface area contributed by atoms with Crippen molar-refractivity contribution in [3.8, 4) is 0 Å². The molecule has 1 aliphatic carbocycles. The summed E-state index contributed by atoms with van der Waals surface area (Å²) in [5.74, 6) is 0.301. The molecule has 0 aromatic carbocycles. The normalized spacial score (nSPS) is 32.2. The van der Waals surface area contributed by atoms with Gasteiger partial charge in [-0.15, -0.1) is 0 Å². The number of oxime groups is 1. The first-order valence-electron chi connectivity index (χ1n) is 7.64. The number of hydrogen-bond donors (Lipinski definition) is 2. The van der Waals surface area contributed by atoms with E-state index < -0.39 is 0 Å². The molecule has 3 N–H and O–H groups in total. The molecule has 116 valence electrons. The van der Waals surface area contributed by atoms with Gasteiger partial charge in [-0.3, -0.25) is 9.80 Å². The van der Waals surface area contributed by atoms with Crippen LogP contribution in [-0.4, -0.2) is 72.3 Å². The van der Waals surface area contributed by atoms with E-state index in [2.05, 4.69) is 15.0 Å². The molecule has 6 nitrogen and oxygen atoms in total. The highest BCUT2D eigenvalue weighted by Gasteiger charge is 2.30. The highest BCUT2D eigenvalue weighted by atomic mass is 16.5. The average Bonchev–Trinajstić information content (AvgIpc) is 2.53. The van der Waals surface area contributed by atoms with Crippen molar-refractivity contribution in [3.05, 3.63) is 0 Å². The molecule has 0 radical (unpaired) electrons. The maximum absolute atomic E-state index is 8.76. The summed E-state index contributed by atoms with van der Waals surface area (Å²) in [7, 11) is 1.82. The fourth-order valence-corrected chi connectivity index (χ4v) is 3.43. The number of nitrogens with two attached hydrogens (primary N) is 1. The molecule has 0 spiro atoms. The molecule has 0 amide bonds. The largest absolute Gasteiger partial charge is 0.409 e. The Morgan fingerprint density at radius 1 is 1.30 bits per heavy atom. The molecule has 0 bridgehead atoms. The Labute approximate surface area is 121 Å². The predicted octanol–water partition coefficient (Wildman–Crippen LogP) is 0.697. The van der Waals surface area contributed by atoms with Crippen molar-refractivity contribution < 1.29 is 9.94 Å². The van der Waals surface area contributed by atoms with Gasteiger partial charge in [0.1, 0.15) is 0 Å². The molecular weight excluding hydrogens is 256 g/mol. The van der Waals surface area contributed by atoms with E-state index in [4.69, 9.17) is 15.7 Å². The van der Waals surface area contributed by atoms with Gasteiger partial charge in [0.2, 0.25) is 0 Å². The summed E-state index contributed by atoms with van der Waals surface area (Å²) < 4.78 is 5.52. The molecule has 6 heteroatoms. The standard InChI is InChI=1S/C14H28N4O2/c1-11(14(15)16-19)17-6-8-18(9-7-17)12-4-3-5-13(10-12)20-2/h11-13,19H,3-10H2,1-2H3,(H2,15,16). The minimum Gasteiger partial charge on any atom is -0.409 e. The van der Waals surface area contributed by atoms with Crippen molar-refractivity contribution in [1.82, 2.24) is 9.80 Å². The summed E-state index contributed by atoms with van der Waals surface area (Å²) in [6.45, 7) is 6.07. The molecule has 0 aromatic rings. The van der Waals surface area contributed by atoms with Crippen molar-refractivity contribution in [2.45, 2.75) is 50.8 Å². The quantitative estimate of drug-likeness (QED) is 0.344. The smallest absolute Gasteiger partial charge is 0.156 e. The molecule has 3 atom stereocenters. The van der Waals surface area contributed by atoms with Crippen molar-refractivity contribution in [3.63, 3.8) is 0 Å². The Morgan fingerprint density at radius 2 is 2.00 bits per heavy atom. The third-order valence-electron chi connectivity index (χ3n) is 4.89. The minimum atomic E-state index is 0.0141. The van der Waals surface area contributed by atoms with Crippen LogP contribution in [-0.2, 0) is 4.74 Å². The fraction of sp³-hybridized carbons (Fsp3) is 0.929. The second-order valence-electron chi connectivity index (χ2n) is 5.95. The minimum absolute atomic E-state index is 0.0141. The predicted molar refractivity (Wildman–Crippen MR) is 79.1 cm³/mol. The summed E-state index contributed by atoms with van der Waals surface area (Å²) in [6, 6.07) is 0.676. The maximum Gasteiger partial charge on any atom is 0.156 e. The Morgan fingerprint density at radius 3 is 2.60 bits per heavy atom. The molecule has 1 heterocycles. The van der Waals surface area contributed by atoms with Crippen LogP contribution in [0.3, 0.4) is 0 Å². The molecule has 1 aliphatic heterocycles. The van der Waals surface area contributed by atoms with Crippen LogP contribution in [0.2, 0.25) is 0 Å². The highest BCUT2D eigenvalue weighted by molar-refractivity contribution is 5.84. The molecule has 0 aromatic heterocycles. The van der Waals surface area contributed by atoms with Crippen LogP contribution < -0.4 is 5.73 Å². The third kappa shape index (κ3) is 3.62. The zero-order valence-electron chi connectivity index (χ0n) is 12.7. The van der Waals surface area contributed by atoms with Crippen LogP contribution in [0.1, 0.15) is 32.6 Å². The van der Waals surface area contributed by atoms with Crippen molar-refractivity contribution in [2.75, 3.05) is 33.3 Å². The summed E-state index contributed by atoms with van der Waals surface area (Å²) in [6.07, 6.45) is 5.35. The first kappa shape index (κ1) is 15.5. The number of hydrogen-bond acceptors (Lipinski definition) is 5. The summed E-state index contributed by atoms with van der Waals surface area (Å²) >= 11 is 0. The van der Waals surface area contributed by atoms with E-state index >= 15 is 0 Å². The molecular formula is C14H28N4O2. The van der Waals surface area contributed by atoms with Crippen molar-refractivity contribution >= 4 is 5.84 Å². The number of methoxy groups -OCH3 is 1. The van der Waals surface area contributed by atoms with Gasteiger partial charge in [0, 0.05) is 39.3 Å². The van der Waals surface area contributed by atoms with Gasteiger partial charge >= 0.3 is 0 Å². The number of nitrogens with zero attached hydrogens (tertiary/aromatic N) is 3. The van der Waals surface area contributed by atoms with Crippen LogP contribution in [0.15, 0.2) is 5.16 Å². The van der Waals surface area contributed by atoms with Gasteiger partial charge in [-0.05, 0) is 32.6 Å². The number of ether oxygens (including phenoxy) is 1. The van der Waals surface area contributed by atoms with Gasteiger partial charge in [-0.2, -0.15) is 0 Å². The molecule has 2 aliphatic rings. The van der Waals surface area contributed by atoms with Gasteiger partial charge in [0.15, 0.2) is 5.84 Å². The van der Waals surface area contributed by atoms with Gasteiger partial charge in [0.05, 0.1) is 12.1 Å². The first-order valence-corrected chi connectivity index (χ1v) is 7.64. The number of piperazine rings is 1. The van der Waals surface area contributed by atoms with Crippen LogP contribution in [0.5, 0.6) is 0 Å². The lowest BCUT2D eigenvalue weighted by molar-refractivity contribution is 0.00988. The molecule has 20 heavy (non-hydrogen) atoms. The lowest BCUT2D eigenvalue weighted by Gasteiger charge is -2.43. The van der Waals surface area contributed by atoms with Crippen LogP contribution in [0.25, 0.3) is 0 Å². The fourth-order valence-electron chi connectivity index (χ4n) is 3.43. The monoisotopic (exact) mass is 284 g/mol. The second-order valence-corrected chi connectivity index (χ2v) is 5.95. The van der Waals surface area contributed by atoms with Crippen molar-refractivity contribution in [1.29, 1.82) is 0 Å². The van der Waals surface area contributed by atoms with E-state index in [1.807, 2.05) is 14.0 Å². The summed E-state index contributed by atoms with van der Waals surface area (Å²) in [5.41, 5.74) is 5.69. The first-order chi connectivity index (χ1) is 9.65. The lowest BCUT2D eigenvalue weighted by atomic mass is 9.91.